The number of amides is 1. The van der Waals surface area contributed by atoms with E-state index in [1.54, 1.807) is 48.7 Å². The summed E-state index contributed by atoms with van der Waals surface area (Å²) in [5.41, 5.74) is 4.53. The summed E-state index contributed by atoms with van der Waals surface area (Å²) >= 11 is 12.0. The Hall–Kier alpha value is -3.22. The van der Waals surface area contributed by atoms with Gasteiger partial charge in [-0.3, -0.25) is 4.79 Å². The SMILES string of the molecule is COc1ccc(C(=O)N/N=C/c2ccc(OCc3ccc(Cl)cc3Cl)cc2)cc1OC. The molecule has 31 heavy (non-hydrogen) atoms. The summed E-state index contributed by atoms with van der Waals surface area (Å²) in [5.74, 6) is 1.33. The Balaban J connectivity index is 1.55. The average molecular weight is 459 g/mol. The summed E-state index contributed by atoms with van der Waals surface area (Å²) in [7, 11) is 3.04. The maximum atomic E-state index is 12.3. The summed E-state index contributed by atoms with van der Waals surface area (Å²) in [6.45, 7) is 0.324. The first-order valence-electron chi connectivity index (χ1n) is 9.22. The van der Waals surface area contributed by atoms with E-state index in [1.807, 2.05) is 18.2 Å². The van der Waals surface area contributed by atoms with Crippen LogP contribution in [-0.2, 0) is 6.61 Å². The van der Waals surface area contributed by atoms with Gasteiger partial charge in [0.15, 0.2) is 11.5 Å². The second kappa shape index (κ2) is 10.7. The van der Waals surface area contributed by atoms with Gasteiger partial charge in [-0.1, -0.05) is 29.3 Å². The molecule has 160 valence electrons. The van der Waals surface area contributed by atoms with Gasteiger partial charge in [-0.15, -0.1) is 0 Å². The second-order valence-electron chi connectivity index (χ2n) is 6.36. The Morgan fingerprint density at radius 2 is 1.71 bits per heavy atom. The highest BCUT2D eigenvalue weighted by atomic mass is 35.5. The molecule has 3 aromatic carbocycles. The Morgan fingerprint density at radius 3 is 2.39 bits per heavy atom. The van der Waals surface area contributed by atoms with E-state index in [0.717, 1.165) is 11.1 Å². The highest BCUT2D eigenvalue weighted by Crippen LogP contribution is 2.27. The molecule has 6 nitrogen and oxygen atoms in total. The van der Waals surface area contributed by atoms with Crippen molar-refractivity contribution in [3.63, 3.8) is 0 Å². The van der Waals surface area contributed by atoms with Gasteiger partial charge in [0.25, 0.3) is 5.91 Å². The topological polar surface area (TPSA) is 69.2 Å². The van der Waals surface area contributed by atoms with Gasteiger partial charge in [0.05, 0.1) is 20.4 Å². The lowest BCUT2D eigenvalue weighted by atomic mass is 10.2. The third-order valence-corrected chi connectivity index (χ3v) is 4.90. The van der Waals surface area contributed by atoms with Gasteiger partial charge in [0, 0.05) is 21.2 Å². The molecular formula is C23H20Cl2N2O4. The average Bonchev–Trinajstić information content (AvgIpc) is 2.78. The molecule has 0 atom stereocenters. The van der Waals surface area contributed by atoms with Crippen molar-refractivity contribution in [2.75, 3.05) is 14.2 Å². The normalized spacial score (nSPS) is 10.7. The molecule has 1 amide bonds. The van der Waals surface area contributed by atoms with E-state index in [1.165, 1.54) is 14.2 Å². The van der Waals surface area contributed by atoms with Crippen LogP contribution >= 0.6 is 23.2 Å². The van der Waals surface area contributed by atoms with E-state index in [2.05, 4.69) is 10.5 Å². The van der Waals surface area contributed by atoms with Crippen LogP contribution in [0.5, 0.6) is 17.2 Å². The third-order valence-electron chi connectivity index (χ3n) is 4.31. The number of carbonyl (C=O) groups excluding carboxylic acids is 1. The van der Waals surface area contributed by atoms with Gasteiger partial charge in [-0.05, 0) is 60.2 Å². The fraction of sp³-hybridized carbons (Fsp3) is 0.130. The van der Waals surface area contributed by atoms with Crippen molar-refractivity contribution < 1.29 is 19.0 Å². The van der Waals surface area contributed by atoms with Gasteiger partial charge in [-0.25, -0.2) is 5.43 Å². The zero-order chi connectivity index (χ0) is 22.2. The van der Waals surface area contributed by atoms with Crippen molar-refractivity contribution in [3.8, 4) is 17.2 Å². The summed E-state index contributed by atoms with van der Waals surface area (Å²) < 4.78 is 16.1. The summed E-state index contributed by atoms with van der Waals surface area (Å²) in [4.78, 5) is 12.3. The van der Waals surface area contributed by atoms with Gasteiger partial charge < -0.3 is 14.2 Å². The first-order chi connectivity index (χ1) is 15.0. The zero-order valence-electron chi connectivity index (χ0n) is 16.9. The number of methoxy groups -OCH3 is 2. The van der Waals surface area contributed by atoms with E-state index in [4.69, 9.17) is 37.4 Å². The van der Waals surface area contributed by atoms with Crippen LogP contribution in [0.25, 0.3) is 0 Å². The van der Waals surface area contributed by atoms with E-state index in [0.29, 0.717) is 39.5 Å². The van der Waals surface area contributed by atoms with Gasteiger partial charge >= 0.3 is 0 Å². The number of ether oxygens (including phenoxy) is 3. The third kappa shape index (κ3) is 6.13. The van der Waals surface area contributed by atoms with Crippen LogP contribution in [0.2, 0.25) is 10.0 Å². The molecule has 0 fully saturated rings. The van der Waals surface area contributed by atoms with Crippen LogP contribution in [0.1, 0.15) is 21.5 Å². The van der Waals surface area contributed by atoms with Gasteiger partial charge in [0.2, 0.25) is 0 Å². The fourth-order valence-corrected chi connectivity index (χ4v) is 3.12. The molecule has 0 aliphatic rings. The lowest BCUT2D eigenvalue weighted by Gasteiger charge is -2.09. The predicted octanol–water partition coefficient (Wildman–Crippen LogP) is 5.35. The molecule has 3 rings (SSSR count). The minimum Gasteiger partial charge on any atom is -0.493 e. The quantitative estimate of drug-likeness (QED) is 0.364. The smallest absolute Gasteiger partial charge is 0.271 e. The molecule has 0 aliphatic carbocycles. The molecule has 0 aromatic heterocycles. The Kier molecular flexibility index (Phi) is 7.76. The number of nitrogens with zero attached hydrogens (tertiary/aromatic N) is 1. The molecule has 8 heteroatoms. The Bertz CT molecular complexity index is 1090. The van der Waals surface area contributed by atoms with Crippen LogP contribution in [0.15, 0.2) is 65.8 Å². The van der Waals surface area contributed by atoms with Crippen LogP contribution in [0.3, 0.4) is 0 Å². The van der Waals surface area contributed by atoms with Crippen molar-refractivity contribution in [3.05, 3.63) is 87.4 Å². The first kappa shape index (κ1) is 22.5. The molecule has 0 radical (unpaired) electrons. The molecule has 0 heterocycles. The molecule has 0 bridgehead atoms. The largest absolute Gasteiger partial charge is 0.493 e. The monoisotopic (exact) mass is 458 g/mol. The highest BCUT2D eigenvalue weighted by molar-refractivity contribution is 6.35. The minimum atomic E-state index is -0.364. The molecule has 0 unspecified atom stereocenters. The number of halogens is 2. The number of hydrogen-bond donors (Lipinski definition) is 1. The minimum absolute atomic E-state index is 0.324. The lowest BCUT2D eigenvalue weighted by Crippen LogP contribution is -2.17. The number of carbonyl (C=O) groups is 1. The Labute approximate surface area is 190 Å². The van der Waals surface area contributed by atoms with E-state index in [-0.39, 0.29) is 5.91 Å². The number of rotatable bonds is 8. The number of hydrogen-bond acceptors (Lipinski definition) is 5. The summed E-state index contributed by atoms with van der Waals surface area (Å²) in [5, 5.41) is 5.13. The van der Waals surface area contributed by atoms with Crippen LogP contribution in [-0.4, -0.2) is 26.3 Å². The number of benzene rings is 3. The number of hydrazone groups is 1. The molecular weight excluding hydrogens is 439 g/mol. The second-order valence-corrected chi connectivity index (χ2v) is 7.21. The summed E-state index contributed by atoms with van der Waals surface area (Å²) in [6.07, 6.45) is 1.54. The summed E-state index contributed by atoms with van der Waals surface area (Å²) in [6, 6.07) is 17.4. The molecule has 1 N–H and O–H groups in total. The molecule has 0 saturated heterocycles. The zero-order valence-corrected chi connectivity index (χ0v) is 18.4. The molecule has 0 aliphatic heterocycles. The maximum absolute atomic E-state index is 12.3. The first-order valence-corrected chi connectivity index (χ1v) is 9.98. The van der Waals surface area contributed by atoms with Gasteiger partial charge in [-0.2, -0.15) is 5.10 Å². The van der Waals surface area contributed by atoms with E-state index >= 15 is 0 Å². The van der Waals surface area contributed by atoms with E-state index in [9.17, 15) is 4.79 Å². The van der Waals surface area contributed by atoms with Crippen molar-refractivity contribution in [1.29, 1.82) is 0 Å². The van der Waals surface area contributed by atoms with Crippen molar-refractivity contribution in [2.45, 2.75) is 6.61 Å². The fourth-order valence-electron chi connectivity index (χ4n) is 2.66. The van der Waals surface area contributed by atoms with E-state index < -0.39 is 0 Å². The number of nitrogens with one attached hydrogen (secondary N) is 1. The van der Waals surface area contributed by atoms with Crippen LogP contribution in [0, 0.1) is 0 Å². The molecule has 0 saturated carbocycles. The lowest BCUT2D eigenvalue weighted by molar-refractivity contribution is 0.0954. The molecule has 3 aromatic rings. The predicted molar refractivity (Wildman–Crippen MR) is 122 cm³/mol. The highest BCUT2D eigenvalue weighted by Gasteiger charge is 2.10. The van der Waals surface area contributed by atoms with Crippen molar-refractivity contribution in [1.82, 2.24) is 5.43 Å². The standard InChI is InChI=1S/C23H20Cl2N2O4/c1-29-21-10-6-16(11-22(21)30-2)23(28)27-26-13-15-3-8-19(9-4-15)31-14-17-5-7-18(24)12-20(17)25/h3-13H,14H2,1-2H3,(H,27,28)/b26-13+. The van der Waals surface area contributed by atoms with Crippen molar-refractivity contribution >= 4 is 35.3 Å². The Morgan fingerprint density at radius 1 is 0.968 bits per heavy atom. The maximum Gasteiger partial charge on any atom is 0.271 e. The molecule has 0 spiro atoms. The van der Waals surface area contributed by atoms with Crippen LogP contribution < -0.4 is 19.6 Å². The van der Waals surface area contributed by atoms with Crippen LogP contribution in [0.4, 0.5) is 0 Å². The van der Waals surface area contributed by atoms with Crippen molar-refractivity contribution in [2.24, 2.45) is 5.10 Å². The van der Waals surface area contributed by atoms with Gasteiger partial charge in [0.1, 0.15) is 12.4 Å².